The fourth-order valence-electron chi connectivity index (χ4n) is 2.69. The summed E-state index contributed by atoms with van der Waals surface area (Å²) < 4.78 is 10.5. The lowest BCUT2D eigenvalue weighted by Crippen LogP contribution is -2.42. The molecule has 6 nitrogen and oxygen atoms in total. The van der Waals surface area contributed by atoms with Crippen LogP contribution >= 0.6 is 0 Å². The Morgan fingerprint density at radius 3 is 2.68 bits per heavy atom. The summed E-state index contributed by atoms with van der Waals surface area (Å²) in [4.78, 5) is 12.1. The third kappa shape index (κ3) is 5.53. The highest BCUT2D eigenvalue weighted by atomic mass is 16.5. The number of benzene rings is 1. The summed E-state index contributed by atoms with van der Waals surface area (Å²) in [7, 11) is 1.64. The van der Waals surface area contributed by atoms with Gasteiger partial charge in [0, 0.05) is 24.9 Å². The molecule has 1 heterocycles. The standard InChI is InChI=1S/C19H26N2O4/c1-13(15-7-4-5-8-17(15)24-3)12-20-19(23)21-14(2)11-16(22)18-9-6-10-25-18/h4-10,13-14,16,22H,11-12H2,1-3H3,(H2,20,21,23). The van der Waals surface area contributed by atoms with Crippen molar-refractivity contribution in [2.45, 2.75) is 38.3 Å². The summed E-state index contributed by atoms with van der Waals surface area (Å²) in [6.07, 6.45) is 1.16. The van der Waals surface area contributed by atoms with E-state index in [4.69, 9.17) is 9.15 Å². The number of carbonyl (C=O) groups is 1. The number of aliphatic hydroxyl groups is 1. The van der Waals surface area contributed by atoms with Crippen molar-refractivity contribution in [2.75, 3.05) is 13.7 Å². The average Bonchev–Trinajstić information content (AvgIpc) is 3.14. The van der Waals surface area contributed by atoms with Crippen LogP contribution in [0.3, 0.4) is 0 Å². The highest BCUT2D eigenvalue weighted by molar-refractivity contribution is 5.74. The van der Waals surface area contributed by atoms with Crippen LogP contribution in [0.2, 0.25) is 0 Å². The van der Waals surface area contributed by atoms with Crippen LogP contribution in [0.5, 0.6) is 5.75 Å². The number of nitrogens with one attached hydrogen (secondary N) is 2. The molecule has 3 unspecified atom stereocenters. The molecule has 2 amide bonds. The van der Waals surface area contributed by atoms with Gasteiger partial charge in [0.1, 0.15) is 17.6 Å². The summed E-state index contributed by atoms with van der Waals surface area (Å²) >= 11 is 0. The molecule has 0 aliphatic carbocycles. The van der Waals surface area contributed by atoms with Gasteiger partial charge in [0.2, 0.25) is 0 Å². The summed E-state index contributed by atoms with van der Waals surface area (Å²) in [5.41, 5.74) is 1.05. The first-order chi connectivity index (χ1) is 12.0. The number of rotatable bonds is 8. The maximum absolute atomic E-state index is 12.1. The number of urea groups is 1. The second-order valence-corrected chi connectivity index (χ2v) is 6.17. The van der Waals surface area contributed by atoms with E-state index in [-0.39, 0.29) is 18.0 Å². The molecule has 6 heteroatoms. The molecule has 0 radical (unpaired) electrons. The summed E-state index contributed by atoms with van der Waals surface area (Å²) in [5, 5.41) is 15.7. The van der Waals surface area contributed by atoms with Crippen molar-refractivity contribution in [1.82, 2.24) is 10.6 Å². The largest absolute Gasteiger partial charge is 0.496 e. The summed E-state index contributed by atoms with van der Waals surface area (Å²) in [6.45, 7) is 4.36. The average molecular weight is 346 g/mol. The Kier molecular flexibility index (Phi) is 6.89. The predicted octanol–water partition coefficient (Wildman–Crippen LogP) is 3.20. The number of ether oxygens (including phenoxy) is 1. The third-order valence-electron chi connectivity index (χ3n) is 4.06. The van der Waals surface area contributed by atoms with Gasteiger partial charge in [-0.05, 0) is 30.7 Å². The van der Waals surface area contributed by atoms with Crippen LogP contribution in [0, 0.1) is 0 Å². The van der Waals surface area contributed by atoms with E-state index in [0.29, 0.717) is 18.7 Å². The van der Waals surface area contributed by atoms with Crippen LogP contribution in [-0.2, 0) is 0 Å². The molecule has 3 N–H and O–H groups in total. The highest BCUT2D eigenvalue weighted by Gasteiger charge is 2.17. The van der Waals surface area contributed by atoms with Crippen molar-refractivity contribution in [3.8, 4) is 5.75 Å². The van der Waals surface area contributed by atoms with Crippen molar-refractivity contribution >= 4 is 6.03 Å². The number of hydrogen-bond donors (Lipinski definition) is 3. The topological polar surface area (TPSA) is 83.7 Å². The minimum absolute atomic E-state index is 0.117. The molecule has 136 valence electrons. The molecule has 1 aromatic heterocycles. The van der Waals surface area contributed by atoms with Gasteiger partial charge in [-0.25, -0.2) is 4.79 Å². The molecular formula is C19H26N2O4. The fourth-order valence-corrected chi connectivity index (χ4v) is 2.69. The Balaban J connectivity index is 1.78. The van der Waals surface area contributed by atoms with Crippen LogP contribution in [0.15, 0.2) is 47.1 Å². The second-order valence-electron chi connectivity index (χ2n) is 6.17. The van der Waals surface area contributed by atoms with E-state index in [0.717, 1.165) is 11.3 Å². The third-order valence-corrected chi connectivity index (χ3v) is 4.06. The number of furan rings is 1. The monoisotopic (exact) mass is 346 g/mol. The highest BCUT2D eigenvalue weighted by Crippen LogP contribution is 2.25. The minimum Gasteiger partial charge on any atom is -0.496 e. The molecule has 0 fully saturated rings. The van der Waals surface area contributed by atoms with Crippen LogP contribution in [-0.4, -0.2) is 30.8 Å². The Labute approximate surface area is 148 Å². The number of methoxy groups -OCH3 is 1. The van der Waals surface area contributed by atoms with E-state index in [2.05, 4.69) is 10.6 Å². The van der Waals surface area contributed by atoms with Crippen molar-refractivity contribution < 1.29 is 19.1 Å². The first kappa shape index (κ1) is 18.9. The molecule has 0 saturated heterocycles. The summed E-state index contributed by atoms with van der Waals surface area (Å²) in [6, 6.07) is 10.8. The Hall–Kier alpha value is -2.47. The SMILES string of the molecule is COc1ccccc1C(C)CNC(=O)NC(C)CC(O)c1ccco1. The van der Waals surface area contributed by atoms with Crippen molar-refractivity contribution in [3.63, 3.8) is 0 Å². The normalized spacial score (nSPS) is 14.4. The molecule has 0 aliphatic heterocycles. The Morgan fingerprint density at radius 2 is 2.00 bits per heavy atom. The van der Waals surface area contributed by atoms with E-state index in [1.165, 1.54) is 6.26 Å². The van der Waals surface area contributed by atoms with Gasteiger partial charge in [0.25, 0.3) is 0 Å². The first-order valence-electron chi connectivity index (χ1n) is 8.40. The first-order valence-corrected chi connectivity index (χ1v) is 8.40. The lowest BCUT2D eigenvalue weighted by Gasteiger charge is -2.19. The van der Waals surface area contributed by atoms with E-state index < -0.39 is 6.10 Å². The number of para-hydroxylation sites is 1. The zero-order chi connectivity index (χ0) is 18.2. The van der Waals surface area contributed by atoms with Crippen LogP contribution in [0.25, 0.3) is 0 Å². The maximum atomic E-state index is 12.1. The zero-order valence-corrected chi connectivity index (χ0v) is 14.9. The van der Waals surface area contributed by atoms with Gasteiger partial charge in [0.15, 0.2) is 0 Å². The smallest absolute Gasteiger partial charge is 0.315 e. The van der Waals surface area contributed by atoms with Gasteiger partial charge in [-0.15, -0.1) is 0 Å². The molecule has 2 aromatic rings. The summed E-state index contributed by atoms with van der Waals surface area (Å²) in [5.74, 6) is 1.43. The lowest BCUT2D eigenvalue weighted by molar-refractivity contribution is 0.129. The lowest BCUT2D eigenvalue weighted by atomic mass is 10.0. The molecule has 25 heavy (non-hydrogen) atoms. The van der Waals surface area contributed by atoms with Crippen molar-refractivity contribution in [3.05, 3.63) is 54.0 Å². The molecule has 1 aromatic carbocycles. The van der Waals surface area contributed by atoms with Gasteiger partial charge in [0.05, 0.1) is 13.4 Å². The number of carbonyl (C=O) groups excluding carboxylic acids is 1. The fraction of sp³-hybridized carbons (Fsp3) is 0.421. The molecule has 0 aliphatic rings. The number of amides is 2. The van der Waals surface area contributed by atoms with E-state index >= 15 is 0 Å². The van der Waals surface area contributed by atoms with Crippen LogP contribution in [0.4, 0.5) is 4.79 Å². The quantitative estimate of drug-likeness (QED) is 0.685. The van der Waals surface area contributed by atoms with E-state index in [1.54, 1.807) is 19.2 Å². The Bertz CT molecular complexity index is 657. The number of hydrogen-bond acceptors (Lipinski definition) is 4. The Morgan fingerprint density at radius 1 is 1.24 bits per heavy atom. The molecule has 0 saturated carbocycles. The van der Waals surface area contributed by atoms with Crippen molar-refractivity contribution in [1.29, 1.82) is 0 Å². The predicted molar refractivity (Wildman–Crippen MR) is 95.7 cm³/mol. The number of aliphatic hydroxyl groups excluding tert-OH is 1. The van der Waals surface area contributed by atoms with Crippen molar-refractivity contribution in [2.24, 2.45) is 0 Å². The molecule has 3 atom stereocenters. The minimum atomic E-state index is -0.738. The van der Waals surface area contributed by atoms with E-state index in [9.17, 15) is 9.90 Å². The maximum Gasteiger partial charge on any atom is 0.315 e. The van der Waals surface area contributed by atoms with Crippen LogP contribution < -0.4 is 15.4 Å². The van der Waals surface area contributed by atoms with Crippen LogP contribution in [0.1, 0.15) is 43.6 Å². The molecule has 0 spiro atoms. The van der Waals surface area contributed by atoms with E-state index in [1.807, 2.05) is 38.1 Å². The van der Waals surface area contributed by atoms with Gasteiger partial charge >= 0.3 is 6.03 Å². The second kappa shape index (κ2) is 9.13. The molecule has 2 rings (SSSR count). The van der Waals surface area contributed by atoms with Gasteiger partial charge in [-0.1, -0.05) is 25.1 Å². The molecule has 0 bridgehead atoms. The van der Waals surface area contributed by atoms with Gasteiger partial charge < -0.3 is 24.9 Å². The van der Waals surface area contributed by atoms with Gasteiger partial charge in [-0.3, -0.25) is 0 Å². The molecular weight excluding hydrogens is 320 g/mol. The van der Waals surface area contributed by atoms with Gasteiger partial charge in [-0.2, -0.15) is 0 Å². The zero-order valence-electron chi connectivity index (χ0n) is 14.9.